The Hall–Kier alpha value is -1.53. The van der Waals surface area contributed by atoms with Gasteiger partial charge in [-0.1, -0.05) is 12.1 Å². The molecule has 0 aliphatic rings. The first-order valence-corrected chi connectivity index (χ1v) is 5.43. The summed E-state index contributed by atoms with van der Waals surface area (Å²) in [5, 5.41) is 18.1. The lowest BCUT2D eigenvalue weighted by Crippen LogP contribution is -2.23. The molecular formula is C13H18N2O. The molecule has 3 nitrogen and oxygen atoms in total. The van der Waals surface area contributed by atoms with Crippen LogP contribution in [-0.2, 0) is 0 Å². The summed E-state index contributed by atoms with van der Waals surface area (Å²) in [5.74, 6) is 0.0152. The van der Waals surface area contributed by atoms with E-state index in [1.54, 1.807) is 6.92 Å². The molecule has 1 N–H and O–H groups in total. The second-order valence-electron chi connectivity index (χ2n) is 4.18. The van der Waals surface area contributed by atoms with Gasteiger partial charge in [0, 0.05) is 19.3 Å². The fourth-order valence-corrected chi connectivity index (χ4v) is 1.56. The summed E-state index contributed by atoms with van der Waals surface area (Å²) in [4.78, 5) is 2.04. The van der Waals surface area contributed by atoms with Crippen molar-refractivity contribution in [2.75, 3.05) is 18.5 Å². The summed E-state index contributed by atoms with van der Waals surface area (Å²) in [6.07, 6.45) is -0.433. The van der Waals surface area contributed by atoms with Crippen LogP contribution in [0.3, 0.4) is 0 Å². The fraction of sp³-hybridized carbons (Fsp3) is 0.462. The average Bonchev–Trinajstić information content (AvgIpc) is 2.28. The predicted molar refractivity (Wildman–Crippen MR) is 65.1 cm³/mol. The highest BCUT2D eigenvalue weighted by molar-refractivity contribution is 5.47. The molecule has 0 fully saturated rings. The third-order valence-corrected chi connectivity index (χ3v) is 2.58. The maximum Gasteiger partial charge on any atom is 0.0761 e. The van der Waals surface area contributed by atoms with Crippen molar-refractivity contribution in [1.29, 1.82) is 5.26 Å². The molecule has 0 aliphatic heterocycles. The van der Waals surface area contributed by atoms with E-state index in [1.807, 2.05) is 43.1 Å². The van der Waals surface area contributed by atoms with Gasteiger partial charge in [-0.2, -0.15) is 5.26 Å². The average molecular weight is 218 g/mol. The number of nitriles is 1. The van der Waals surface area contributed by atoms with Crippen LogP contribution in [0.15, 0.2) is 24.3 Å². The summed E-state index contributed by atoms with van der Waals surface area (Å²) in [6.45, 7) is 4.36. The molecule has 0 amide bonds. The zero-order valence-electron chi connectivity index (χ0n) is 10.0. The summed E-state index contributed by atoms with van der Waals surface area (Å²) in [5.41, 5.74) is 1.97. The lowest BCUT2D eigenvalue weighted by molar-refractivity contribution is 0.199. The summed E-state index contributed by atoms with van der Waals surface area (Å²) in [7, 11) is 1.96. The molecule has 0 radical (unpaired) electrons. The third-order valence-electron chi connectivity index (χ3n) is 2.58. The molecular weight excluding hydrogens is 200 g/mol. The maximum absolute atomic E-state index is 9.38. The van der Waals surface area contributed by atoms with E-state index in [0.717, 1.165) is 11.3 Å². The minimum atomic E-state index is -0.433. The Morgan fingerprint density at radius 1 is 1.31 bits per heavy atom. The molecule has 1 aromatic rings. The van der Waals surface area contributed by atoms with Crippen LogP contribution < -0.4 is 4.90 Å². The highest BCUT2D eigenvalue weighted by atomic mass is 16.3. The predicted octanol–water partition coefficient (Wildman–Crippen LogP) is 2.34. The number of nitrogens with zero attached hydrogens (tertiary/aromatic N) is 2. The van der Waals surface area contributed by atoms with Crippen molar-refractivity contribution in [3.8, 4) is 6.07 Å². The van der Waals surface area contributed by atoms with E-state index in [2.05, 4.69) is 6.07 Å². The van der Waals surface area contributed by atoms with Crippen LogP contribution in [0, 0.1) is 17.2 Å². The van der Waals surface area contributed by atoms with E-state index in [9.17, 15) is 5.11 Å². The van der Waals surface area contributed by atoms with E-state index < -0.39 is 6.10 Å². The Bertz CT molecular complexity index is 365. The Kier molecular flexibility index (Phi) is 4.33. The summed E-state index contributed by atoms with van der Waals surface area (Å²) < 4.78 is 0. The SMILES string of the molecule is CC(C#N)CN(C)c1ccc([C@H](C)O)cc1. The first-order valence-electron chi connectivity index (χ1n) is 5.43. The van der Waals surface area contributed by atoms with Crippen molar-refractivity contribution in [1.82, 2.24) is 0 Å². The second-order valence-corrected chi connectivity index (χ2v) is 4.18. The molecule has 0 saturated heterocycles. The molecule has 0 bridgehead atoms. The van der Waals surface area contributed by atoms with E-state index in [4.69, 9.17) is 5.26 Å². The molecule has 16 heavy (non-hydrogen) atoms. The lowest BCUT2D eigenvalue weighted by Gasteiger charge is -2.20. The molecule has 1 aromatic carbocycles. The monoisotopic (exact) mass is 218 g/mol. The Labute approximate surface area is 96.9 Å². The van der Waals surface area contributed by atoms with Crippen LogP contribution in [0.4, 0.5) is 5.69 Å². The van der Waals surface area contributed by atoms with Crippen LogP contribution in [-0.4, -0.2) is 18.7 Å². The van der Waals surface area contributed by atoms with Crippen molar-refractivity contribution in [2.24, 2.45) is 5.92 Å². The molecule has 0 saturated carbocycles. The molecule has 0 spiro atoms. The van der Waals surface area contributed by atoms with E-state index in [1.165, 1.54) is 0 Å². The number of hydrogen-bond acceptors (Lipinski definition) is 3. The fourth-order valence-electron chi connectivity index (χ4n) is 1.56. The van der Waals surface area contributed by atoms with Gasteiger partial charge in [-0.05, 0) is 31.5 Å². The van der Waals surface area contributed by atoms with Gasteiger partial charge in [0.15, 0.2) is 0 Å². The topological polar surface area (TPSA) is 47.3 Å². The minimum absolute atomic E-state index is 0.0152. The maximum atomic E-state index is 9.38. The Morgan fingerprint density at radius 3 is 2.31 bits per heavy atom. The zero-order chi connectivity index (χ0) is 12.1. The number of aliphatic hydroxyl groups is 1. The smallest absolute Gasteiger partial charge is 0.0761 e. The highest BCUT2D eigenvalue weighted by Crippen LogP contribution is 2.18. The van der Waals surface area contributed by atoms with Crippen molar-refractivity contribution < 1.29 is 5.11 Å². The van der Waals surface area contributed by atoms with Gasteiger partial charge >= 0.3 is 0 Å². The number of hydrogen-bond donors (Lipinski definition) is 1. The molecule has 0 aromatic heterocycles. The number of aliphatic hydroxyl groups excluding tert-OH is 1. The molecule has 3 heteroatoms. The van der Waals surface area contributed by atoms with Gasteiger partial charge in [0.1, 0.15) is 0 Å². The van der Waals surface area contributed by atoms with Gasteiger partial charge in [0.25, 0.3) is 0 Å². The molecule has 2 atom stereocenters. The third kappa shape index (κ3) is 3.25. The van der Waals surface area contributed by atoms with Crippen molar-refractivity contribution in [3.05, 3.63) is 29.8 Å². The van der Waals surface area contributed by atoms with E-state index in [-0.39, 0.29) is 5.92 Å². The number of anilines is 1. The molecule has 0 aliphatic carbocycles. The summed E-state index contributed by atoms with van der Waals surface area (Å²) >= 11 is 0. The highest BCUT2D eigenvalue weighted by Gasteiger charge is 2.07. The number of benzene rings is 1. The van der Waals surface area contributed by atoms with Gasteiger partial charge in [-0.15, -0.1) is 0 Å². The van der Waals surface area contributed by atoms with E-state index in [0.29, 0.717) is 6.54 Å². The first kappa shape index (κ1) is 12.5. The molecule has 1 rings (SSSR count). The van der Waals surface area contributed by atoms with E-state index >= 15 is 0 Å². The zero-order valence-corrected chi connectivity index (χ0v) is 10.0. The first-order chi connectivity index (χ1) is 7.54. The molecule has 86 valence electrons. The van der Waals surface area contributed by atoms with Crippen LogP contribution in [0.5, 0.6) is 0 Å². The van der Waals surface area contributed by atoms with Crippen LogP contribution >= 0.6 is 0 Å². The number of rotatable bonds is 4. The Morgan fingerprint density at radius 2 is 1.88 bits per heavy atom. The summed E-state index contributed by atoms with van der Waals surface area (Å²) in [6, 6.07) is 9.96. The van der Waals surface area contributed by atoms with Gasteiger partial charge in [0.05, 0.1) is 18.1 Å². The van der Waals surface area contributed by atoms with Crippen LogP contribution in [0.2, 0.25) is 0 Å². The van der Waals surface area contributed by atoms with Gasteiger partial charge < -0.3 is 10.0 Å². The minimum Gasteiger partial charge on any atom is -0.389 e. The molecule has 0 heterocycles. The largest absolute Gasteiger partial charge is 0.389 e. The normalized spacial score (nSPS) is 13.9. The van der Waals surface area contributed by atoms with Crippen LogP contribution in [0.25, 0.3) is 0 Å². The Balaban J connectivity index is 2.71. The van der Waals surface area contributed by atoms with Gasteiger partial charge in [-0.3, -0.25) is 0 Å². The standard InChI is InChI=1S/C13H18N2O/c1-10(8-14)9-15(3)13-6-4-12(5-7-13)11(2)16/h4-7,10-11,16H,9H2,1-3H3/t10?,11-/m0/s1. The van der Waals surface area contributed by atoms with Crippen molar-refractivity contribution >= 4 is 5.69 Å². The van der Waals surface area contributed by atoms with Gasteiger partial charge in [-0.25, -0.2) is 0 Å². The second kappa shape index (κ2) is 5.53. The van der Waals surface area contributed by atoms with Crippen molar-refractivity contribution in [3.63, 3.8) is 0 Å². The molecule has 1 unspecified atom stereocenters. The van der Waals surface area contributed by atoms with Crippen molar-refractivity contribution in [2.45, 2.75) is 20.0 Å². The van der Waals surface area contributed by atoms with Gasteiger partial charge in [0.2, 0.25) is 0 Å². The van der Waals surface area contributed by atoms with Crippen LogP contribution in [0.1, 0.15) is 25.5 Å². The quantitative estimate of drug-likeness (QED) is 0.843. The lowest BCUT2D eigenvalue weighted by atomic mass is 10.1.